The smallest absolute Gasteiger partial charge is 0.244 e. The molecule has 22 heavy (non-hydrogen) atoms. The number of carbonyl (C=O) groups excluding carboxylic acids is 1. The van der Waals surface area contributed by atoms with Crippen LogP contribution < -0.4 is 10.1 Å². The summed E-state index contributed by atoms with van der Waals surface area (Å²) in [7, 11) is 0. The molecule has 112 valence electrons. The predicted molar refractivity (Wildman–Crippen MR) is 85.2 cm³/mol. The number of carbonyl (C=O) groups is 1. The average molecular weight is 295 g/mol. The molecule has 5 nitrogen and oxygen atoms in total. The molecule has 1 amide bonds. The van der Waals surface area contributed by atoms with E-state index in [0.29, 0.717) is 12.5 Å². The van der Waals surface area contributed by atoms with Crippen LogP contribution >= 0.6 is 0 Å². The molecular formula is C17H17N3O2. The van der Waals surface area contributed by atoms with Crippen molar-refractivity contribution in [1.29, 1.82) is 5.26 Å². The second kappa shape index (κ2) is 7.79. The molecule has 0 fully saturated rings. The number of amides is 1. The first-order chi connectivity index (χ1) is 10.7. The van der Waals surface area contributed by atoms with Gasteiger partial charge in [-0.1, -0.05) is 25.1 Å². The van der Waals surface area contributed by atoms with Crippen molar-refractivity contribution in [3.63, 3.8) is 0 Å². The standard InChI is InChI=1S/C17H17N3O2/c1-2-11-22-17-14(7-8-16(21)19-10-9-18)12-13-5-3-4-6-15(13)20-17/h3-8,12H,2,10-11H2,1H3,(H,19,21)/b8-7+. The fourth-order valence-corrected chi connectivity index (χ4v) is 1.90. The zero-order valence-electron chi connectivity index (χ0n) is 12.4. The number of nitrogens with one attached hydrogen (secondary N) is 1. The third-order valence-corrected chi connectivity index (χ3v) is 2.92. The van der Waals surface area contributed by atoms with Gasteiger partial charge in [-0.05, 0) is 24.6 Å². The first-order valence-electron chi connectivity index (χ1n) is 7.10. The molecule has 2 aromatic rings. The van der Waals surface area contributed by atoms with Gasteiger partial charge in [0.05, 0.1) is 18.2 Å². The fourth-order valence-electron chi connectivity index (χ4n) is 1.90. The lowest BCUT2D eigenvalue weighted by atomic mass is 10.1. The Morgan fingerprint density at radius 3 is 3.05 bits per heavy atom. The van der Waals surface area contributed by atoms with Gasteiger partial charge in [-0.2, -0.15) is 5.26 Å². The molecule has 1 N–H and O–H groups in total. The quantitative estimate of drug-likeness (QED) is 0.656. The lowest BCUT2D eigenvalue weighted by molar-refractivity contribution is -0.116. The van der Waals surface area contributed by atoms with Crippen molar-refractivity contribution in [3.05, 3.63) is 42.0 Å². The van der Waals surface area contributed by atoms with Gasteiger partial charge in [-0.3, -0.25) is 4.79 Å². The van der Waals surface area contributed by atoms with Gasteiger partial charge in [-0.15, -0.1) is 0 Å². The van der Waals surface area contributed by atoms with Crippen LogP contribution in [0.4, 0.5) is 0 Å². The van der Waals surface area contributed by atoms with Gasteiger partial charge in [0.15, 0.2) is 0 Å². The van der Waals surface area contributed by atoms with E-state index in [1.54, 1.807) is 6.08 Å². The molecule has 0 spiro atoms. The highest BCUT2D eigenvalue weighted by Crippen LogP contribution is 2.23. The number of benzene rings is 1. The van der Waals surface area contributed by atoms with Gasteiger partial charge in [-0.25, -0.2) is 4.98 Å². The van der Waals surface area contributed by atoms with Crippen LogP contribution in [0.15, 0.2) is 36.4 Å². The zero-order chi connectivity index (χ0) is 15.8. The monoisotopic (exact) mass is 295 g/mol. The first kappa shape index (κ1) is 15.5. The van der Waals surface area contributed by atoms with Crippen LogP contribution in [-0.2, 0) is 4.79 Å². The van der Waals surface area contributed by atoms with Gasteiger partial charge in [0.25, 0.3) is 0 Å². The van der Waals surface area contributed by atoms with Crippen LogP contribution in [0.1, 0.15) is 18.9 Å². The summed E-state index contributed by atoms with van der Waals surface area (Å²) >= 11 is 0. The van der Waals surface area contributed by atoms with Gasteiger partial charge in [0.1, 0.15) is 6.54 Å². The fraction of sp³-hybridized carbons (Fsp3) is 0.235. The minimum Gasteiger partial charge on any atom is -0.477 e. The molecule has 0 saturated carbocycles. The van der Waals surface area contributed by atoms with Crippen LogP contribution in [-0.4, -0.2) is 24.0 Å². The molecule has 0 bridgehead atoms. The van der Waals surface area contributed by atoms with E-state index >= 15 is 0 Å². The van der Waals surface area contributed by atoms with Crippen molar-refractivity contribution in [1.82, 2.24) is 10.3 Å². The summed E-state index contributed by atoms with van der Waals surface area (Å²) in [5, 5.41) is 11.9. The number of ether oxygens (including phenoxy) is 1. The van der Waals surface area contributed by atoms with Crippen LogP contribution in [0.3, 0.4) is 0 Å². The van der Waals surface area contributed by atoms with Gasteiger partial charge in [0.2, 0.25) is 11.8 Å². The lowest BCUT2D eigenvalue weighted by Gasteiger charge is -2.09. The van der Waals surface area contributed by atoms with E-state index in [-0.39, 0.29) is 12.5 Å². The van der Waals surface area contributed by atoms with Crippen molar-refractivity contribution < 1.29 is 9.53 Å². The molecule has 0 aliphatic carbocycles. The normalized spacial score (nSPS) is 10.5. The number of pyridine rings is 1. The number of nitrogens with zero attached hydrogens (tertiary/aromatic N) is 2. The largest absolute Gasteiger partial charge is 0.477 e. The summed E-state index contributed by atoms with van der Waals surface area (Å²) in [6.45, 7) is 2.57. The third kappa shape index (κ3) is 4.06. The van der Waals surface area contributed by atoms with Crippen molar-refractivity contribution in [2.24, 2.45) is 0 Å². The van der Waals surface area contributed by atoms with E-state index in [1.165, 1.54) is 6.08 Å². The second-order valence-electron chi connectivity index (χ2n) is 4.63. The second-order valence-corrected chi connectivity index (χ2v) is 4.63. The van der Waals surface area contributed by atoms with Crippen molar-refractivity contribution in [2.75, 3.05) is 13.2 Å². The Hall–Kier alpha value is -2.87. The Morgan fingerprint density at radius 1 is 1.45 bits per heavy atom. The molecule has 0 radical (unpaired) electrons. The van der Waals surface area contributed by atoms with E-state index < -0.39 is 0 Å². The lowest BCUT2D eigenvalue weighted by Crippen LogP contribution is -2.20. The summed E-state index contributed by atoms with van der Waals surface area (Å²) < 4.78 is 5.66. The number of hydrogen-bond donors (Lipinski definition) is 1. The maximum atomic E-state index is 11.6. The molecule has 5 heteroatoms. The molecule has 1 aromatic heterocycles. The molecule has 0 unspecified atom stereocenters. The summed E-state index contributed by atoms with van der Waals surface area (Å²) in [6, 6.07) is 11.5. The minimum absolute atomic E-state index is 0.0155. The van der Waals surface area contributed by atoms with E-state index in [0.717, 1.165) is 22.9 Å². The topological polar surface area (TPSA) is 75.0 Å². The van der Waals surface area contributed by atoms with Crippen LogP contribution in [0.2, 0.25) is 0 Å². The Labute approximate surface area is 129 Å². The Balaban J connectivity index is 2.30. The number of para-hydroxylation sites is 1. The van der Waals surface area contributed by atoms with E-state index in [1.807, 2.05) is 43.3 Å². The highest BCUT2D eigenvalue weighted by Gasteiger charge is 2.06. The molecule has 0 saturated heterocycles. The summed E-state index contributed by atoms with van der Waals surface area (Å²) in [4.78, 5) is 16.0. The van der Waals surface area contributed by atoms with Crippen LogP contribution in [0.25, 0.3) is 17.0 Å². The molecule has 0 aliphatic heterocycles. The molecule has 0 aliphatic rings. The Morgan fingerprint density at radius 2 is 2.27 bits per heavy atom. The Kier molecular flexibility index (Phi) is 5.50. The highest BCUT2D eigenvalue weighted by molar-refractivity contribution is 5.93. The zero-order valence-corrected chi connectivity index (χ0v) is 12.4. The SMILES string of the molecule is CCCOc1nc2ccccc2cc1/C=C/C(=O)NCC#N. The van der Waals surface area contributed by atoms with Crippen LogP contribution in [0, 0.1) is 11.3 Å². The van der Waals surface area contributed by atoms with Gasteiger partial charge in [0, 0.05) is 17.0 Å². The number of rotatable bonds is 6. The van der Waals surface area contributed by atoms with E-state index in [4.69, 9.17) is 10.00 Å². The molecular weight excluding hydrogens is 278 g/mol. The Bertz CT molecular complexity index is 732. The highest BCUT2D eigenvalue weighted by atomic mass is 16.5. The summed E-state index contributed by atoms with van der Waals surface area (Å²) in [6.07, 6.45) is 3.90. The third-order valence-electron chi connectivity index (χ3n) is 2.92. The first-order valence-corrected chi connectivity index (χ1v) is 7.10. The maximum Gasteiger partial charge on any atom is 0.244 e. The summed E-state index contributed by atoms with van der Waals surface area (Å²) in [5.41, 5.74) is 1.58. The van der Waals surface area contributed by atoms with E-state index in [2.05, 4.69) is 10.3 Å². The molecule has 0 atom stereocenters. The van der Waals surface area contributed by atoms with Gasteiger partial charge < -0.3 is 10.1 Å². The van der Waals surface area contributed by atoms with Crippen molar-refractivity contribution in [2.45, 2.75) is 13.3 Å². The molecule has 1 aromatic carbocycles. The van der Waals surface area contributed by atoms with E-state index in [9.17, 15) is 4.79 Å². The predicted octanol–water partition coefficient (Wildman–Crippen LogP) is 2.68. The van der Waals surface area contributed by atoms with Crippen LogP contribution in [0.5, 0.6) is 5.88 Å². The van der Waals surface area contributed by atoms with Gasteiger partial charge >= 0.3 is 0 Å². The number of fused-ring (bicyclic) bond motifs is 1. The number of aromatic nitrogens is 1. The van der Waals surface area contributed by atoms with Crippen molar-refractivity contribution in [3.8, 4) is 11.9 Å². The number of hydrogen-bond acceptors (Lipinski definition) is 4. The minimum atomic E-state index is -0.323. The van der Waals surface area contributed by atoms with Crippen molar-refractivity contribution >= 4 is 22.9 Å². The maximum absolute atomic E-state index is 11.6. The molecule has 1 heterocycles. The number of nitriles is 1. The average Bonchev–Trinajstić information content (AvgIpc) is 2.55. The molecule has 2 rings (SSSR count). The summed E-state index contributed by atoms with van der Waals surface area (Å²) in [5.74, 6) is 0.182.